The Balaban J connectivity index is 2.24. The summed E-state index contributed by atoms with van der Waals surface area (Å²) in [7, 11) is 3.26. The number of hydrogen-bond donors (Lipinski definition) is 0. The van der Waals surface area contributed by atoms with Crippen molar-refractivity contribution in [2.75, 3.05) is 14.2 Å². The van der Waals surface area contributed by atoms with Crippen LogP contribution in [0.25, 0.3) is 0 Å². The number of benzene rings is 3. The summed E-state index contributed by atoms with van der Waals surface area (Å²) in [4.78, 5) is 0. The normalized spacial score (nSPS) is 10.8. The quantitative estimate of drug-likeness (QED) is 0.644. The Morgan fingerprint density at radius 1 is 0.640 bits per heavy atom. The minimum Gasteiger partial charge on any atom is -0.497 e. The molecule has 0 aliphatic rings. The molecule has 3 heteroatoms. The highest BCUT2D eigenvalue weighted by atomic mass is 16.5. The molecule has 3 rings (SSSR count). The van der Waals surface area contributed by atoms with Crippen LogP contribution in [0.2, 0.25) is 0 Å². The Bertz CT molecular complexity index is 815. The van der Waals surface area contributed by atoms with Crippen molar-refractivity contribution < 1.29 is 9.47 Å². The van der Waals surface area contributed by atoms with E-state index in [9.17, 15) is 5.26 Å². The van der Waals surface area contributed by atoms with Crippen molar-refractivity contribution in [2.24, 2.45) is 0 Å². The van der Waals surface area contributed by atoms with Crippen LogP contribution in [0, 0.1) is 11.3 Å². The zero-order valence-electron chi connectivity index (χ0n) is 14.3. The zero-order chi connectivity index (χ0) is 17.7. The van der Waals surface area contributed by atoms with Gasteiger partial charge >= 0.3 is 0 Å². The van der Waals surface area contributed by atoms with Gasteiger partial charge in [-0.15, -0.1) is 0 Å². The van der Waals surface area contributed by atoms with Crippen molar-refractivity contribution in [2.45, 2.75) is 5.41 Å². The molecular weight excluding hydrogens is 310 g/mol. The van der Waals surface area contributed by atoms with Gasteiger partial charge in [0.25, 0.3) is 0 Å². The standard InChI is InChI=1S/C22H19NO2/c1-24-20-12-8-18(9-13-20)22(16-23,17-6-4-3-5-7-17)19-10-14-21(25-2)15-11-19/h3-15H,1-2H3. The molecule has 3 aromatic rings. The van der Waals surface area contributed by atoms with Crippen molar-refractivity contribution in [1.82, 2.24) is 0 Å². The lowest BCUT2D eigenvalue weighted by atomic mass is 9.70. The van der Waals surface area contributed by atoms with Crippen LogP contribution in [0.15, 0.2) is 78.9 Å². The average molecular weight is 329 g/mol. The first-order chi connectivity index (χ1) is 12.2. The number of nitriles is 1. The Hall–Kier alpha value is -3.25. The lowest BCUT2D eigenvalue weighted by molar-refractivity contribution is 0.414. The van der Waals surface area contributed by atoms with Gasteiger partial charge in [0.2, 0.25) is 0 Å². The third kappa shape index (κ3) is 2.95. The first kappa shape index (κ1) is 16.6. The van der Waals surface area contributed by atoms with Crippen LogP contribution in [0.5, 0.6) is 11.5 Å². The molecular formula is C22H19NO2. The molecule has 0 unspecified atom stereocenters. The summed E-state index contributed by atoms with van der Waals surface area (Å²) in [6, 6.07) is 27.7. The van der Waals surface area contributed by atoms with Gasteiger partial charge in [-0.25, -0.2) is 0 Å². The van der Waals surface area contributed by atoms with Crippen molar-refractivity contribution in [3.63, 3.8) is 0 Å². The predicted molar refractivity (Wildman–Crippen MR) is 97.9 cm³/mol. The molecule has 0 spiro atoms. The molecule has 0 radical (unpaired) electrons. The predicted octanol–water partition coefficient (Wildman–Crippen LogP) is 4.56. The van der Waals surface area contributed by atoms with Gasteiger partial charge in [-0.3, -0.25) is 0 Å². The van der Waals surface area contributed by atoms with Crippen molar-refractivity contribution >= 4 is 0 Å². The van der Waals surface area contributed by atoms with Crippen molar-refractivity contribution in [3.05, 3.63) is 95.6 Å². The highest BCUT2D eigenvalue weighted by molar-refractivity contribution is 5.57. The van der Waals surface area contributed by atoms with Crippen LogP contribution in [0.1, 0.15) is 16.7 Å². The molecule has 0 saturated carbocycles. The molecule has 0 bridgehead atoms. The molecule has 0 aromatic heterocycles. The Morgan fingerprint density at radius 3 is 1.40 bits per heavy atom. The van der Waals surface area contributed by atoms with Crippen molar-refractivity contribution in [1.29, 1.82) is 5.26 Å². The van der Waals surface area contributed by atoms with Crippen LogP contribution >= 0.6 is 0 Å². The number of nitrogens with zero attached hydrogens (tertiary/aromatic N) is 1. The molecule has 0 aliphatic carbocycles. The Labute approximate surface area is 148 Å². The largest absolute Gasteiger partial charge is 0.497 e. The summed E-state index contributed by atoms with van der Waals surface area (Å²) in [6.45, 7) is 0. The van der Waals surface area contributed by atoms with Gasteiger partial charge in [-0.2, -0.15) is 5.26 Å². The minimum atomic E-state index is -0.903. The summed E-state index contributed by atoms with van der Waals surface area (Å²) in [5.74, 6) is 1.52. The molecule has 25 heavy (non-hydrogen) atoms. The van der Waals surface area contributed by atoms with E-state index in [-0.39, 0.29) is 0 Å². The van der Waals surface area contributed by atoms with E-state index in [0.717, 1.165) is 28.2 Å². The van der Waals surface area contributed by atoms with Gasteiger partial charge in [0, 0.05) is 0 Å². The van der Waals surface area contributed by atoms with Gasteiger partial charge < -0.3 is 9.47 Å². The Morgan fingerprint density at radius 2 is 1.04 bits per heavy atom. The van der Waals surface area contributed by atoms with E-state index in [0.29, 0.717) is 0 Å². The smallest absolute Gasteiger partial charge is 0.132 e. The SMILES string of the molecule is COc1ccc(C(C#N)(c2ccccc2)c2ccc(OC)cc2)cc1. The maximum Gasteiger partial charge on any atom is 0.132 e. The molecule has 0 heterocycles. The van der Waals surface area contributed by atoms with E-state index < -0.39 is 5.41 Å². The zero-order valence-corrected chi connectivity index (χ0v) is 14.3. The fourth-order valence-electron chi connectivity index (χ4n) is 3.06. The average Bonchev–Trinajstić information content (AvgIpc) is 2.71. The first-order valence-corrected chi connectivity index (χ1v) is 8.00. The van der Waals surface area contributed by atoms with Gasteiger partial charge in [0.05, 0.1) is 20.3 Å². The Kier molecular flexibility index (Phi) is 4.72. The van der Waals surface area contributed by atoms with E-state index in [1.807, 2.05) is 78.9 Å². The number of ether oxygens (including phenoxy) is 2. The summed E-state index contributed by atoms with van der Waals surface area (Å²) in [5, 5.41) is 10.3. The summed E-state index contributed by atoms with van der Waals surface area (Å²) in [6.07, 6.45) is 0. The van der Waals surface area contributed by atoms with E-state index >= 15 is 0 Å². The fourth-order valence-corrected chi connectivity index (χ4v) is 3.06. The van der Waals surface area contributed by atoms with Crippen LogP contribution in [0.3, 0.4) is 0 Å². The molecule has 0 saturated heterocycles. The van der Waals surface area contributed by atoms with Gasteiger partial charge in [-0.05, 0) is 41.0 Å². The third-order valence-electron chi connectivity index (χ3n) is 4.42. The van der Waals surface area contributed by atoms with Crippen molar-refractivity contribution in [3.8, 4) is 17.6 Å². The van der Waals surface area contributed by atoms with Crippen LogP contribution in [-0.4, -0.2) is 14.2 Å². The topological polar surface area (TPSA) is 42.2 Å². The number of methoxy groups -OCH3 is 2. The van der Waals surface area contributed by atoms with Crippen LogP contribution < -0.4 is 9.47 Å². The third-order valence-corrected chi connectivity index (χ3v) is 4.42. The van der Waals surface area contributed by atoms with Crippen LogP contribution in [0.4, 0.5) is 0 Å². The van der Waals surface area contributed by atoms with Crippen LogP contribution in [-0.2, 0) is 5.41 Å². The lowest BCUT2D eigenvalue weighted by Crippen LogP contribution is -2.27. The number of hydrogen-bond acceptors (Lipinski definition) is 3. The maximum atomic E-state index is 10.3. The summed E-state index contributed by atoms with van der Waals surface area (Å²) >= 11 is 0. The monoisotopic (exact) mass is 329 g/mol. The second kappa shape index (κ2) is 7.11. The minimum absolute atomic E-state index is 0.762. The molecule has 0 amide bonds. The molecule has 3 aromatic carbocycles. The van der Waals surface area contributed by atoms with E-state index in [1.54, 1.807) is 14.2 Å². The van der Waals surface area contributed by atoms with E-state index in [2.05, 4.69) is 6.07 Å². The molecule has 0 aliphatic heterocycles. The highest BCUT2D eigenvalue weighted by Crippen LogP contribution is 2.39. The number of rotatable bonds is 5. The second-order valence-corrected chi connectivity index (χ2v) is 5.68. The van der Waals surface area contributed by atoms with Gasteiger partial charge in [-0.1, -0.05) is 54.6 Å². The molecule has 0 atom stereocenters. The second-order valence-electron chi connectivity index (χ2n) is 5.68. The highest BCUT2D eigenvalue weighted by Gasteiger charge is 2.36. The summed E-state index contributed by atoms with van der Waals surface area (Å²) < 4.78 is 10.5. The molecule has 3 nitrogen and oxygen atoms in total. The fraction of sp³-hybridized carbons (Fsp3) is 0.136. The van der Waals surface area contributed by atoms with E-state index in [1.165, 1.54) is 0 Å². The van der Waals surface area contributed by atoms with E-state index in [4.69, 9.17) is 9.47 Å². The van der Waals surface area contributed by atoms with Gasteiger partial charge in [0.15, 0.2) is 0 Å². The first-order valence-electron chi connectivity index (χ1n) is 8.00. The summed E-state index contributed by atoms with van der Waals surface area (Å²) in [5.41, 5.74) is 1.81. The molecule has 0 fully saturated rings. The maximum absolute atomic E-state index is 10.3. The molecule has 124 valence electrons. The van der Waals surface area contributed by atoms with Gasteiger partial charge in [0.1, 0.15) is 16.9 Å². The lowest BCUT2D eigenvalue weighted by Gasteiger charge is -2.29. The molecule has 0 N–H and O–H groups in total.